The zero-order valence-corrected chi connectivity index (χ0v) is 17.0. The average Bonchev–Trinajstić information content (AvgIpc) is 2.71. The lowest BCUT2D eigenvalue weighted by atomic mass is 10.0. The van der Waals surface area contributed by atoms with Gasteiger partial charge in [-0.05, 0) is 36.5 Å². The molecule has 0 amide bonds. The van der Waals surface area contributed by atoms with Crippen LogP contribution in [0.1, 0.15) is 62.4 Å². The molecule has 0 fully saturated rings. The van der Waals surface area contributed by atoms with E-state index in [0.29, 0.717) is 5.92 Å². The second kappa shape index (κ2) is 12.9. The van der Waals surface area contributed by atoms with E-state index in [2.05, 4.69) is 38.1 Å². The zero-order chi connectivity index (χ0) is 20.1. The van der Waals surface area contributed by atoms with Crippen LogP contribution in [0.4, 0.5) is 0 Å². The number of benzene rings is 3. The molecule has 4 N–H and O–H groups in total. The summed E-state index contributed by atoms with van der Waals surface area (Å²) in [5.74, 6) is 0.659. The van der Waals surface area contributed by atoms with Gasteiger partial charge < -0.3 is 11.5 Å². The van der Waals surface area contributed by atoms with E-state index in [-0.39, 0.29) is 12.1 Å². The molecule has 0 saturated carbocycles. The highest BCUT2D eigenvalue weighted by molar-refractivity contribution is 5.18. The van der Waals surface area contributed by atoms with Crippen molar-refractivity contribution >= 4 is 0 Å². The molecular formula is C25H34N2. The minimum Gasteiger partial charge on any atom is -0.324 e. The van der Waals surface area contributed by atoms with E-state index < -0.39 is 0 Å². The van der Waals surface area contributed by atoms with E-state index in [9.17, 15) is 0 Å². The van der Waals surface area contributed by atoms with Crippen molar-refractivity contribution in [3.63, 3.8) is 0 Å². The topological polar surface area (TPSA) is 52.0 Å². The highest BCUT2D eigenvalue weighted by Crippen LogP contribution is 2.11. The lowest BCUT2D eigenvalue weighted by Crippen LogP contribution is -2.03. The fourth-order valence-corrected chi connectivity index (χ4v) is 2.35. The van der Waals surface area contributed by atoms with E-state index in [1.807, 2.05) is 80.6 Å². The van der Waals surface area contributed by atoms with Gasteiger partial charge in [-0.2, -0.15) is 0 Å². The average molecular weight is 363 g/mol. The first-order chi connectivity index (χ1) is 12.9. The van der Waals surface area contributed by atoms with Crippen molar-refractivity contribution in [1.29, 1.82) is 0 Å². The largest absolute Gasteiger partial charge is 0.324 e. The Morgan fingerprint density at radius 1 is 0.444 bits per heavy atom. The highest BCUT2D eigenvalue weighted by Gasteiger charge is 1.94. The molecule has 3 aromatic rings. The quantitative estimate of drug-likeness (QED) is 0.581. The predicted molar refractivity (Wildman–Crippen MR) is 119 cm³/mol. The summed E-state index contributed by atoms with van der Waals surface area (Å²) < 4.78 is 0. The van der Waals surface area contributed by atoms with Crippen molar-refractivity contribution in [3.8, 4) is 0 Å². The molecular weight excluding hydrogens is 328 g/mol. The molecule has 2 nitrogen and oxygen atoms in total. The van der Waals surface area contributed by atoms with Gasteiger partial charge in [-0.1, -0.05) is 105 Å². The Bertz CT molecular complexity index is 602. The van der Waals surface area contributed by atoms with E-state index in [4.69, 9.17) is 11.5 Å². The van der Waals surface area contributed by atoms with E-state index in [1.165, 1.54) is 16.7 Å². The maximum atomic E-state index is 5.61. The molecule has 0 aliphatic rings. The molecule has 3 aromatic carbocycles. The Hall–Kier alpha value is -2.42. The molecule has 2 heteroatoms. The smallest absolute Gasteiger partial charge is 0.0266 e. The second-order valence-electron chi connectivity index (χ2n) is 6.96. The standard InChI is InChI=1S/C9H12.2C8H11N/c1-8(2)9-6-4-3-5-7-9;2*1-7(9)8-5-3-2-4-6-8/h3-8H,1-2H3;2*2-7H,9H2,1H3. The fraction of sp³-hybridized carbons (Fsp3) is 0.280. The molecule has 2 atom stereocenters. The summed E-state index contributed by atoms with van der Waals surface area (Å²) in [5, 5.41) is 0. The van der Waals surface area contributed by atoms with Gasteiger partial charge >= 0.3 is 0 Å². The van der Waals surface area contributed by atoms with Crippen LogP contribution in [0.3, 0.4) is 0 Å². The third-order valence-corrected chi connectivity index (χ3v) is 4.12. The first kappa shape index (κ1) is 22.6. The van der Waals surface area contributed by atoms with Crippen molar-refractivity contribution < 1.29 is 0 Å². The van der Waals surface area contributed by atoms with Gasteiger partial charge in [0.25, 0.3) is 0 Å². The number of hydrogen-bond acceptors (Lipinski definition) is 2. The predicted octanol–water partition coefficient (Wildman–Crippen LogP) is 6.22. The molecule has 0 heterocycles. The van der Waals surface area contributed by atoms with Gasteiger partial charge in [-0.3, -0.25) is 0 Å². The van der Waals surface area contributed by atoms with Crippen LogP contribution in [0.2, 0.25) is 0 Å². The Morgan fingerprint density at radius 3 is 0.852 bits per heavy atom. The molecule has 0 aliphatic carbocycles. The minimum absolute atomic E-state index is 0.159. The van der Waals surface area contributed by atoms with Gasteiger partial charge in [0.2, 0.25) is 0 Å². The van der Waals surface area contributed by atoms with Gasteiger partial charge in [0.15, 0.2) is 0 Å². The molecule has 0 saturated heterocycles. The van der Waals surface area contributed by atoms with Gasteiger partial charge in [-0.25, -0.2) is 0 Å². The Kier molecular flexibility index (Phi) is 10.8. The Balaban J connectivity index is 0.000000202. The van der Waals surface area contributed by atoms with Crippen LogP contribution in [0.15, 0.2) is 91.0 Å². The molecule has 0 spiro atoms. The van der Waals surface area contributed by atoms with Crippen LogP contribution in [-0.2, 0) is 0 Å². The third kappa shape index (κ3) is 9.74. The van der Waals surface area contributed by atoms with Crippen molar-refractivity contribution in [2.45, 2.75) is 45.7 Å². The molecule has 0 radical (unpaired) electrons. The third-order valence-electron chi connectivity index (χ3n) is 4.12. The summed E-state index contributed by atoms with van der Waals surface area (Å²) in [5.41, 5.74) is 15.0. The Labute approximate surface area is 165 Å². The van der Waals surface area contributed by atoms with Crippen LogP contribution in [0.5, 0.6) is 0 Å². The van der Waals surface area contributed by atoms with E-state index >= 15 is 0 Å². The van der Waals surface area contributed by atoms with E-state index in [1.54, 1.807) is 0 Å². The number of hydrogen-bond donors (Lipinski definition) is 2. The minimum atomic E-state index is 0.159. The number of nitrogens with two attached hydrogens (primary N) is 2. The van der Waals surface area contributed by atoms with Crippen LogP contribution >= 0.6 is 0 Å². The highest BCUT2D eigenvalue weighted by atomic mass is 14.6. The second-order valence-corrected chi connectivity index (χ2v) is 6.96. The van der Waals surface area contributed by atoms with Crippen molar-refractivity contribution in [2.75, 3.05) is 0 Å². The molecule has 144 valence electrons. The summed E-state index contributed by atoms with van der Waals surface area (Å²) in [6, 6.07) is 30.9. The maximum Gasteiger partial charge on any atom is 0.0266 e. The Morgan fingerprint density at radius 2 is 0.704 bits per heavy atom. The van der Waals surface area contributed by atoms with Gasteiger partial charge in [-0.15, -0.1) is 0 Å². The van der Waals surface area contributed by atoms with Crippen molar-refractivity contribution in [2.24, 2.45) is 11.5 Å². The first-order valence-corrected chi connectivity index (χ1v) is 9.57. The van der Waals surface area contributed by atoms with Gasteiger partial charge in [0, 0.05) is 12.1 Å². The van der Waals surface area contributed by atoms with Crippen LogP contribution in [-0.4, -0.2) is 0 Å². The van der Waals surface area contributed by atoms with Crippen LogP contribution < -0.4 is 11.5 Å². The lowest BCUT2D eigenvalue weighted by Gasteiger charge is -2.02. The maximum absolute atomic E-state index is 5.61. The summed E-state index contributed by atoms with van der Waals surface area (Å²) >= 11 is 0. The van der Waals surface area contributed by atoms with Crippen LogP contribution in [0, 0.1) is 0 Å². The summed E-state index contributed by atoms with van der Waals surface area (Å²) in [7, 11) is 0. The SMILES string of the molecule is CC(C)c1ccccc1.CC(N)c1ccccc1.CC(N)c1ccccc1. The number of rotatable bonds is 3. The molecule has 0 bridgehead atoms. The molecule has 2 unspecified atom stereocenters. The van der Waals surface area contributed by atoms with E-state index in [0.717, 1.165) is 0 Å². The van der Waals surface area contributed by atoms with Crippen molar-refractivity contribution in [3.05, 3.63) is 108 Å². The summed E-state index contributed by atoms with van der Waals surface area (Å²) in [6.45, 7) is 8.37. The molecule has 27 heavy (non-hydrogen) atoms. The molecule has 0 aliphatic heterocycles. The fourth-order valence-electron chi connectivity index (χ4n) is 2.35. The normalized spacial score (nSPS) is 12.1. The van der Waals surface area contributed by atoms with Crippen molar-refractivity contribution in [1.82, 2.24) is 0 Å². The summed E-state index contributed by atoms with van der Waals surface area (Å²) in [4.78, 5) is 0. The molecule has 3 rings (SSSR count). The van der Waals surface area contributed by atoms with Crippen LogP contribution in [0.25, 0.3) is 0 Å². The van der Waals surface area contributed by atoms with Gasteiger partial charge in [0.05, 0.1) is 0 Å². The first-order valence-electron chi connectivity index (χ1n) is 9.57. The molecule has 0 aromatic heterocycles. The van der Waals surface area contributed by atoms with Gasteiger partial charge in [0.1, 0.15) is 0 Å². The lowest BCUT2D eigenvalue weighted by molar-refractivity contribution is 0.818. The summed E-state index contributed by atoms with van der Waals surface area (Å²) in [6.07, 6.45) is 0. The monoisotopic (exact) mass is 362 g/mol. The zero-order valence-electron chi connectivity index (χ0n) is 17.0.